The highest BCUT2D eigenvalue weighted by Gasteiger charge is 2.50. The van der Waals surface area contributed by atoms with Gasteiger partial charge in [-0.25, -0.2) is 13.1 Å². The topological polar surface area (TPSA) is 92.5 Å². The van der Waals surface area contributed by atoms with Crippen LogP contribution in [0, 0.1) is 5.41 Å². The standard InChI is InChI=1S/C15H21N3O4S/c1-23(20,21)17-11-7-15(8-11)4-5-18(9-15)14(19)12-6-13(22-16-12)10-2-3-10/h6,10-11,17H,2-5,7-9H2,1H3. The van der Waals surface area contributed by atoms with E-state index in [2.05, 4.69) is 9.88 Å². The fourth-order valence-corrected chi connectivity index (χ4v) is 4.70. The summed E-state index contributed by atoms with van der Waals surface area (Å²) < 4.78 is 30.4. The van der Waals surface area contributed by atoms with Crippen LogP contribution >= 0.6 is 0 Å². The molecule has 1 spiro atoms. The second-order valence-electron chi connectivity index (χ2n) is 7.36. The smallest absolute Gasteiger partial charge is 0.276 e. The average molecular weight is 339 g/mol. The zero-order valence-electron chi connectivity index (χ0n) is 13.1. The van der Waals surface area contributed by atoms with Crippen molar-refractivity contribution in [3.8, 4) is 0 Å². The molecule has 1 aliphatic heterocycles. The van der Waals surface area contributed by atoms with Gasteiger partial charge < -0.3 is 9.42 Å². The number of aromatic nitrogens is 1. The Bertz CT molecular complexity index is 732. The second-order valence-corrected chi connectivity index (χ2v) is 9.14. The van der Waals surface area contributed by atoms with Gasteiger partial charge >= 0.3 is 0 Å². The summed E-state index contributed by atoms with van der Waals surface area (Å²) in [6.45, 7) is 1.38. The molecule has 8 heteroatoms. The van der Waals surface area contributed by atoms with E-state index in [0.29, 0.717) is 24.7 Å². The molecular formula is C15H21N3O4S. The molecule has 1 amide bonds. The maximum Gasteiger partial charge on any atom is 0.276 e. The third-order valence-corrected chi connectivity index (χ3v) is 5.95. The molecule has 126 valence electrons. The van der Waals surface area contributed by atoms with Crippen molar-refractivity contribution in [1.29, 1.82) is 0 Å². The maximum atomic E-state index is 12.5. The predicted molar refractivity (Wildman–Crippen MR) is 82.4 cm³/mol. The maximum absolute atomic E-state index is 12.5. The van der Waals surface area contributed by atoms with E-state index in [1.165, 1.54) is 6.26 Å². The van der Waals surface area contributed by atoms with Gasteiger partial charge in [0.25, 0.3) is 5.91 Å². The number of sulfonamides is 1. The Morgan fingerprint density at radius 2 is 2.17 bits per heavy atom. The van der Waals surface area contributed by atoms with Crippen molar-refractivity contribution in [2.45, 2.75) is 44.1 Å². The minimum Gasteiger partial charge on any atom is -0.360 e. The first-order chi connectivity index (χ1) is 10.8. The van der Waals surface area contributed by atoms with E-state index >= 15 is 0 Å². The molecule has 3 fully saturated rings. The third kappa shape index (κ3) is 3.01. The summed E-state index contributed by atoms with van der Waals surface area (Å²) in [4.78, 5) is 14.4. The Balaban J connectivity index is 1.36. The van der Waals surface area contributed by atoms with Crippen LogP contribution in [0.4, 0.5) is 0 Å². The Hall–Kier alpha value is -1.41. The SMILES string of the molecule is CS(=O)(=O)NC1CC2(CCN(C(=O)c3cc(C4CC4)on3)C2)C1. The second kappa shape index (κ2) is 5.04. The molecule has 1 saturated heterocycles. The first-order valence-corrected chi connectivity index (χ1v) is 9.96. The summed E-state index contributed by atoms with van der Waals surface area (Å²) in [6, 6.07) is 1.79. The first kappa shape index (κ1) is 15.1. The number of carbonyl (C=O) groups is 1. The van der Waals surface area contributed by atoms with E-state index in [-0.39, 0.29) is 17.4 Å². The molecule has 0 radical (unpaired) electrons. The fourth-order valence-electron chi connectivity index (χ4n) is 3.93. The summed E-state index contributed by atoms with van der Waals surface area (Å²) in [6.07, 6.45) is 5.94. The van der Waals surface area contributed by atoms with Crippen LogP contribution in [0.15, 0.2) is 10.6 Å². The van der Waals surface area contributed by atoms with Gasteiger partial charge in [-0.2, -0.15) is 0 Å². The van der Waals surface area contributed by atoms with Crippen molar-refractivity contribution in [2.24, 2.45) is 5.41 Å². The summed E-state index contributed by atoms with van der Waals surface area (Å²) >= 11 is 0. The number of rotatable bonds is 4. The zero-order valence-corrected chi connectivity index (χ0v) is 13.9. The number of nitrogens with zero attached hydrogens (tertiary/aromatic N) is 2. The molecule has 4 rings (SSSR count). The molecule has 2 saturated carbocycles. The molecule has 2 aliphatic carbocycles. The number of carbonyl (C=O) groups excluding carboxylic acids is 1. The minimum absolute atomic E-state index is 0.00794. The summed E-state index contributed by atoms with van der Waals surface area (Å²) in [7, 11) is -3.16. The van der Waals surface area contributed by atoms with Gasteiger partial charge in [0, 0.05) is 31.1 Å². The van der Waals surface area contributed by atoms with Gasteiger partial charge in [0.15, 0.2) is 5.69 Å². The Kier molecular flexibility index (Phi) is 3.32. The van der Waals surface area contributed by atoms with E-state index in [9.17, 15) is 13.2 Å². The summed E-state index contributed by atoms with van der Waals surface area (Å²) in [5.41, 5.74) is 0.468. The summed E-state index contributed by atoms with van der Waals surface area (Å²) in [5.74, 6) is 1.20. The molecule has 1 N–H and O–H groups in total. The van der Waals surface area contributed by atoms with Crippen molar-refractivity contribution < 1.29 is 17.7 Å². The molecule has 2 heterocycles. The lowest BCUT2D eigenvalue weighted by molar-refractivity contribution is 0.0679. The van der Waals surface area contributed by atoms with Gasteiger partial charge in [-0.05, 0) is 37.5 Å². The van der Waals surface area contributed by atoms with Crippen LogP contribution in [-0.4, -0.2) is 49.8 Å². The molecule has 7 nitrogen and oxygen atoms in total. The van der Waals surface area contributed by atoms with Crippen molar-refractivity contribution in [1.82, 2.24) is 14.8 Å². The highest BCUT2D eigenvalue weighted by Crippen LogP contribution is 2.48. The third-order valence-electron chi connectivity index (χ3n) is 5.19. The number of likely N-dealkylation sites (tertiary alicyclic amines) is 1. The van der Waals surface area contributed by atoms with Crippen LogP contribution in [0.5, 0.6) is 0 Å². The molecule has 0 aromatic carbocycles. The first-order valence-electron chi connectivity index (χ1n) is 8.07. The van der Waals surface area contributed by atoms with Gasteiger partial charge in [0.2, 0.25) is 10.0 Å². The molecular weight excluding hydrogens is 318 g/mol. The normalized spacial score (nSPS) is 30.7. The van der Waals surface area contributed by atoms with Crippen LogP contribution in [0.25, 0.3) is 0 Å². The van der Waals surface area contributed by atoms with Gasteiger partial charge in [-0.1, -0.05) is 5.16 Å². The van der Waals surface area contributed by atoms with E-state index in [4.69, 9.17) is 4.52 Å². The lowest BCUT2D eigenvalue weighted by atomic mass is 9.65. The van der Waals surface area contributed by atoms with Gasteiger partial charge in [0.1, 0.15) is 5.76 Å². The molecule has 0 atom stereocenters. The molecule has 0 bridgehead atoms. The molecule has 0 unspecified atom stereocenters. The van der Waals surface area contributed by atoms with Crippen LogP contribution < -0.4 is 4.72 Å². The Morgan fingerprint density at radius 3 is 2.83 bits per heavy atom. The average Bonchev–Trinajstić information content (AvgIpc) is 2.99. The van der Waals surface area contributed by atoms with E-state index in [0.717, 1.165) is 37.9 Å². The Morgan fingerprint density at radius 1 is 1.43 bits per heavy atom. The van der Waals surface area contributed by atoms with Crippen LogP contribution in [0.2, 0.25) is 0 Å². The van der Waals surface area contributed by atoms with E-state index in [1.807, 2.05) is 4.90 Å². The Labute approximate surface area is 135 Å². The van der Waals surface area contributed by atoms with Crippen molar-refractivity contribution >= 4 is 15.9 Å². The zero-order chi connectivity index (χ0) is 16.2. The predicted octanol–water partition coefficient (Wildman–Crippen LogP) is 1.10. The highest BCUT2D eigenvalue weighted by atomic mass is 32.2. The summed E-state index contributed by atoms with van der Waals surface area (Å²) in [5, 5.41) is 3.92. The highest BCUT2D eigenvalue weighted by molar-refractivity contribution is 7.88. The molecule has 1 aromatic heterocycles. The van der Waals surface area contributed by atoms with Gasteiger partial charge in [-0.15, -0.1) is 0 Å². The largest absolute Gasteiger partial charge is 0.360 e. The van der Waals surface area contributed by atoms with E-state index in [1.54, 1.807) is 6.07 Å². The number of nitrogens with one attached hydrogen (secondary N) is 1. The molecule has 3 aliphatic rings. The minimum atomic E-state index is -3.16. The van der Waals surface area contributed by atoms with Crippen molar-refractivity contribution in [3.63, 3.8) is 0 Å². The number of hydrogen-bond donors (Lipinski definition) is 1. The number of amides is 1. The lowest BCUT2D eigenvalue weighted by Crippen LogP contribution is -2.51. The van der Waals surface area contributed by atoms with Crippen LogP contribution in [0.3, 0.4) is 0 Å². The van der Waals surface area contributed by atoms with Crippen molar-refractivity contribution in [2.75, 3.05) is 19.3 Å². The lowest BCUT2D eigenvalue weighted by Gasteiger charge is -2.45. The fraction of sp³-hybridized carbons (Fsp3) is 0.733. The van der Waals surface area contributed by atoms with Gasteiger partial charge in [-0.3, -0.25) is 4.79 Å². The molecule has 1 aromatic rings. The quantitative estimate of drug-likeness (QED) is 0.886. The monoisotopic (exact) mass is 339 g/mol. The van der Waals surface area contributed by atoms with Gasteiger partial charge in [0.05, 0.1) is 6.26 Å². The van der Waals surface area contributed by atoms with Crippen molar-refractivity contribution in [3.05, 3.63) is 17.5 Å². The van der Waals surface area contributed by atoms with E-state index < -0.39 is 10.0 Å². The number of hydrogen-bond acceptors (Lipinski definition) is 5. The van der Waals surface area contributed by atoms with Crippen LogP contribution in [-0.2, 0) is 10.0 Å². The van der Waals surface area contributed by atoms with Crippen LogP contribution in [0.1, 0.15) is 54.3 Å². The molecule has 23 heavy (non-hydrogen) atoms.